The van der Waals surface area contributed by atoms with Gasteiger partial charge in [-0.15, -0.1) is 0 Å². The summed E-state index contributed by atoms with van der Waals surface area (Å²) < 4.78 is 5.42. The third kappa shape index (κ3) is 8.25. The molecule has 0 radical (unpaired) electrons. The van der Waals surface area contributed by atoms with Gasteiger partial charge in [-0.05, 0) is 69.7 Å². The molecule has 25 heavy (non-hydrogen) atoms. The van der Waals surface area contributed by atoms with Crippen LogP contribution < -0.4 is 0 Å². The maximum Gasteiger partial charge on any atom is 0.411 e. The molecule has 1 aromatic heterocycles. The Bertz CT molecular complexity index is 546. The second kappa shape index (κ2) is 10.3. The average molecular weight is 368 g/mol. The highest BCUT2D eigenvalue weighted by Gasteiger charge is 2.32. The molecule has 0 aliphatic carbocycles. The van der Waals surface area contributed by atoms with Crippen LogP contribution in [0.3, 0.4) is 0 Å². The molecule has 1 heterocycles. The number of thioether (sulfide) groups is 1. The molecule has 1 rings (SSSR count). The average Bonchev–Trinajstić information content (AvgIpc) is 2.52. The van der Waals surface area contributed by atoms with Crippen LogP contribution in [0.25, 0.3) is 0 Å². The van der Waals surface area contributed by atoms with Crippen molar-refractivity contribution in [1.82, 2.24) is 9.88 Å². The highest BCUT2D eigenvalue weighted by molar-refractivity contribution is 7.98. The van der Waals surface area contributed by atoms with E-state index in [4.69, 9.17) is 4.74 Å². The van der Waals surface area contributed by atoms with Crippen LogP contribution in [0, 0.1) is 0 Å². The van der Waals surface area contributed by atoms with Gasteiger partial charge in [0.05, 0.1) is 0 Å². The first-order valence-corrected chi connectivity index (χ1v) is 9.74. The summed E-state index contributed by atoms with van der Waals surface area (Å²) in [7, 11) is 0. The van der Waals surface area contributed by atoms with Gasteiger partial charge in [0.25, 0.3) is 0 Å². The van der Waals surface area contributed by atoms with Gasteiger partial charge in [0.15, 0.2) is 0 Å². The maximum absolute atomic E-state index is 12.5. The number of carbonyl (C=O) groups excluding carboxylic acids is 1. The molecule has 1 aromatic rings. The number of aromatic nitrogens is 1. The van der Waals surface area contributed by atoms with Crippen molar-refractivity contribution >= 4 is 23.8 Å². The Morgan fingerprint density at radius 3 is 2.48 bits per heavy atom. The van der Waals surface area contributed by atoms with Crippen LogP contribution in [0.1, 0.15) is 39.2 Å². The quantitative estimate of drug-likeness (QED) is 0.719. The number of pyridine rings is 1. The summed E-state index contributed by atoms with van der Waals surface area (Å²) in [6, 6.07) is 2.96. The molecular weight excluding hydrogens is 340 g/mol. The van der Waals surface area contributed by atoms with Gasteiger partial charge in [-0.25, -0.2) is 9.59 Å². The Hall–Kier alpha value is -1.76. The van der Waals surface area contributed by atoms with Crippen molar-refractivity contribution in [3.05, 3.63) is 30.1 Å². The number of rotatable bonds is 9. The summed E-state index contributed by atoms with van der Waals surface area (Å²) in [6.45, 7) is 5.66. The van der Waals surface area contributed by atoms with Crippen LogP contribution in [-0.2, 0) is 16.0 Å². The van der Waals surface area contributed by atoms with E-state index in [1.54, 1.807) is 44.9 Å². The molecule has 7 heteroatoms. The highest BCUT2D eigenvalue weighted by Crippen LogP contribution is 2.16. The zero-order chi connectivity index (χ0) is 18.9. The molecule has 0 bridgehead atoms. The molecule has 0 aromatic carbocycles. The monoisotopic (exact) mass is 368 g/mol. The lowest BCUT2D eigenvalue weighted by Crippen LogP contribution is -2.48. The molecule has 0 saturated heterocycles. The lowest BCUT2D eigenvalue weighted by Gasteiger charge is -2.31. The number of aliphatic carboxylic acids is 1. The number of carboxylic acid groups (broad SMARTS) is 1. The first-order chi connectivity index (χ1) is 11.7. The lowest BCUT2D eigenvalue weighted by molar-refractivity contribution is -0.143. The van der Waals surface area contributed by atoms with Crippen molar-refractivity contribution in [3.8, 4) is 0 Å². The summed E-state index contributed by atoms with van der Waals surface area (Å²) in [6.07, 6.45) is 6.59. The van der Waals surface area contributed by atoms with E-state index < -0.39 is 23.7 Å². The normalized spacial score (nSPS) is 12.5. The predicted molar refractivity (Wildman–Crippen MR) is 99.9 cm³/mol. The first kappa shape index (κ1) is 21.3. The number of ether oxygens (including phenoxy) is 1. The fourth-order valence-corrected chi connectivity index (χ4v) is 2.80. The Kier molecular flexibility index (Phi) is 8.75. The molecule has 0 aliphatic rings. The van der Waals surface area contributed by atoms with Crippen molar-refractivity contribution in [2.45, 2.75) is 51.7 Å². The van der Waals surface area contributed by atoms with Gasteiger partial charge >= 0.3 is 12.1 Å². The standard InChI is InChI=1S/C18H28N2O4S/c1-18(2,3)24-17(23)20(15(16(21)22)9-13-25-4)12-5-6-14-7-10-19-11-8-14/h7-8,10-11,15H,5-6,9,12-13H2,1-4H3,(H,21,22). The predicted octanol–water partition coefficient (Wildman–Crippen LogP) is 3.46. The fourth-order valence-electron chi connectivity index (χ4n) is 2.34. The molecule has 6 nitrogen and oxygen atoms in total. The largest absolute Gasteiger partial charge is 0.480 e. The molecule has 0 saturated carbocycles. The number of nitrogens with zero attached hydrogens (tertiary/aromatic N) is 2. The van der Waals surface area contributed by atoms with Crippen LogP contribution >= 0.6 is 11.8 Å². The first-order valence-electron chi connectivity index (χ1n) is 8.35. The molecular formula is C18H28N2O4S. The van der Waals surface area contributed by atoms with Crippen LogP contribution in [0.15, 0.2) is 24.5 Å². The van der Waals surface area contributed by atoms with Crippen molar-refractivity contribution in [2.75, 3.05) is 18.6 Å². The number of amides is 1. The number of hydrogen-bond acceptors (Lipinski definition) is 5. The third-order valence-corrected chi connectivity index (χ3v) is 4.14. The van der Waals surface area contributed by atoms with E-state index in [2.05, 4.69) is 4.98 Å². The van der Waals surface area contributed by atoms with Gasteiger partial charge in [-0.2, -0.15) is 11.8 Å². The van der Waals surface area contributed by atoms with E-state index in [9.17, 15) is 14.7 Å². The van der Waals surface area contributed by atoms with E-state index in [1.807, 2.05) is 18.4 Å². The minimum atomic E-state index is -0.996. The van der Waals surface area contributed by atoms with Gasteiger partial charge in [-0.1, -0.05) is 0 Å². The maximum atomic E-state index is 12.5. The number of aryl methyl sites for hydroxylation is 1. The van der Waals surface area contributed by atoms with E-state index in [0.29, 0.717) is 25.1 Å². The molecule has 1 atom stereocenters. The van der Waals surface area contributed by atoms with Gasteiger partial charge in [0, 0.05) is 18.9 Å². The van der Waals surface area contributed by atoms with Crippen molar-refractivity contribution in [3.63, 3.8) is 0 Å². The third-order valence-electron chi connectivity index (χ3n) is 3.50. The second-order valence-electron chi connectivity index (χ2n) is 6.77. The van der Waals surface area contributed by atoms with Crippen molar-refractivity contribution in [1.29, 1.82) is 0 Å². The minimum absolute atomic E-state index is 0.336. The highest BCUT2D eigenvalue weighted by atomic mass is 32.2. The van der Waals surface area contributed by atoms with Crippen molar-refractivity contribution < 1.29 is 19.4 Å². The van der Waals surface area contributed by atoms with Gasteiger partial charge < -0.3 is 9.84 Å². The van der Waals surface area contributed by atoms with Crippen LogP contribution in [0.4, 0.5) is 4.79 Å². The number of carboxylic acids is 1. The molecule has 0 fully saturated rings. The Balaban J connectivity index is 2.81. The Morgan fingerprint density at radius 1 is 1.32 bits per heavy atom. The van der Waals surface area contributed by atoms with E-state index >= 15 is 0 Å². The van der Waals surface area contributed by atoms with Crippen LogP contribution in [0.5, 0.6) is 0 Å². The van der Waals surface area contributed by atoms with Gasteiger partial charge in [0.2, 0.25) is 0 Å². The molecule has 1 unspecified atom stereocenters. The molecule has 1 amide bonds. The Labute approximate surface area is 154 Å². The Morgan fingerprint density at radius 2 is 1.96 bits per heavy atom. The zero-order valence-electron chi connectivity index (χ0n) is 15.4. The fraction of sp³-hybridized carbons (Fsp3) is 0.611. The van der Waals surface area contributed by atoms with Crippen molar-refractivity contribution in [2.24, 2.45) is 0 Å². The van der Waals surface area contributed by atoms with Crippen LogP contribution in [0.2, 0.25) is 0 Å². The molecule has 0 aliphatic heterocycles. The minimum Gasteiger partial charge on any atom is -0.480 e. The van der Waals surface area contributed by atoms with E-state index in [0.717, 1.165) is 12.0 Å². The van der Waals surface area contributed by atoms with Crippen LogP contribution in [-0.4, -0.2) is 57.2 Å². The van der Waals surface area contributed by atoms with Gasteiger partial charge in [0.1, 0.15) is 11.6 Å². The topological polar surface area (TPSA) is 79.7 Å². The smallest absolute Gasteiger partial charge is 0.411 e. The summed E-state index contributed by atoms with van der Waals surface area (Å²) in [5.41, 5.74) is 0.443. The molecule has 1 N–H and O–H groups in total. The van der Waals surface area contributed by atoms with Gasteiger partial charge in [-0.3, -0.25) is 9.88 Å². The second-order valence-corrected chi connectivity index (χ2v) is 7.75. The molecule has 0 spiro atoms. The zero-order valence-corrected chi connectivity index (χ0v) is 16.2. The summed E-state index contributed by atoms with van der Waals surface area (Å²) >= 11 is 1.56. The van der Waals surface area contributed by atoms with E-state index in [1.165, 1.54) is 4.90 Å². The summed E-state index contributed by atoms with van der Waals surface area (Å²) in [5, 5.41) is 9.57. The van der Waals surface area contributed by atoms with E-state index in [-0.39, 0.29) is 0 Å². The number of carbonyl (C=O) groups is 2. The molecule has 140 valence electrons. The summed E-state index contributed by atoms with van der Waals surface area (Å²) in [4.78, 5) is 29.5. The lowest BCUT2D eigenvalue weighted by atomic mass is 10.1. The number of hydrogen-bond donors (Lipinski definition) is 1. The summed E-state index contributed by atoms with van der Waals surface area (Å²) in [5.74, 6) is -0.329. The SMILES string of the molecule is CSCCC(C(=O)O)N(CCCc1ccncc1)C(=O)OC(C)(C)C.